The molecule has 0 saturated carbocycles. The van der Waals surface area contributed by atoms with Crippen LogP contribution in [0, 0.1) is 5.82 Å². The zero-order valence-corrected chi connectivity index (χ0v) is 11.2. The van der Waals surface area contributed by atoms with Crippen LogP contribution in [0.1, 0.15) is 20.3 Å². The highest BCUT2D eigenvalue weighted by Gasteiger charge is 2.11. The predicted octanol–water partition coefficient (Wildman–Crippen LogP) is 1.91. The van der Waals surface area contributed by atoms with Crippen LogP contribution in [0.2, 0.25) is 0 Å². The Morgan fingerprint density at radius 3 is 2.89 bits per heavy atom. The van der Waals surface area contributed by atoms with Crippen LogP contribution in [0.3, 0.4) is 0 Å². The van der Waals surface area contributed by atoms with Crippen molar-refractivity contribution in [2.75, 3.05) is 43.6 Å². The molecule has 1 heterocycles. The van der Waals surface area contributed by atoms with E-state index in [9.17, 15) is 4.39 Å². The third-order valence-electron chi connectivity index (χ3n) is 2.40. The second kappa shape index (κ2) is 7.81. The largest absolute Gasteiger partial charge is 0.380 e. The van der Waals surface area contributed by atoms with Gasteiger partial charge in [0, 0.05) is 26.7 Å². The summed E-state index contributed by atoms with van der Waals surface area (Å²) in [5, 5.41) is 3.04. The third-order valence-corrected chi connectivity index (χ3v) is 2.40. The number of aromatic nitrogens is 2. The fourth-order valence-corrected chi connectivity index (χ4v) is 1.40. The fraction of sp³-hybridized carbons (Fsp3) is 0.667. The highest BCUT2D eigenvalue weighted by atomic mass is 19.1. The fourth-order valence-electron chi connectivity index (χ4n) is 1.40. The van der Waals surface area contributed by atoms with Gasteiger partial charge in [-0.2, -0.15) is 4.98 Å². The Kier molecular flexibility index (Phi) is 6.35. The summed E-state index contributed by atoms with van der Waals surface area (Å²) in [6, 6.07) is 0. The number of ether oxygens (including phenoxy) is 1. The molecule has 1 aromatic rings. The second-order valence-electron chi connectivity index (χ2n) is 3.91. The normalized spacial score (nSPS) is 10.4. The number of rotatable bonds is 8. The van der Waals surface area contributed by atoms with E-state index >= 15 is 0 Å². The summed E-state index contributed by atoms with van der Waals surface area (Å²) in [5.74, 6) is 0.330. The molecule has 0 radical (unpaired) electrons. The smallest absolute Gasteiger partial charge is 0.224 e. The molecule has 0 aromatic carbocycles. The van der Waals surface area contributed by atoms with Crippen molar-refractivity contribution in [3.05, 3.63) is 12.0 Å². The molecular formula is C12H21FN4O. The topological polar surface area (TPSA) is 50.3 Å². The monoisotopic (exact) mass is 256 g/mol. The molecule has 6 heteroatoms. The van der Waals surface area contributed by atoms with Crippen molar-refractivity contribution < 1.29 is 9.13 Å². The number of anilines is 2. The van der Waals surface area contributed by atoms with Crippen molar-refractivity contribution in [3.63, 3.8) is 0 Å². The number of halogens is 1. The van der Waals surface area contributed by atoms with Crippen molar-refractivity contribution in [3.8, 4) is 0 Å². The Balaban J connectivity index is 2.66. The molecule has 0 saturated heterocycles. The van der Waals surface area contributed by atoms with Gasteiger partial charge in [-0.05, 0) is 13.3 Å². The molecule has 1 rings (SSSR count). The van der Waals surface area contributed by atoms with Crippen LogP contribution in [0.15, 0.2) is 6.20 Å². The van der Waals surface area contributed by atoms with Gasteiger partial charge in [0.25, 0.3) is 0 Å². The van der Waals surface area contributed by atoms with Crippen LogP contribution >= 0.6 is 0 Å². The standard InChI is InChI=1S/C12H21FN4O/c1-4-6-14-12-15-9-10(13)11(16-12)17(3)7-8-18-5-2/h9H,4-8H2,1-3H3,(H,14,15,16). The number of hydrogen-bond donors (Lipinski definition) is 1. The van der Waals surface area contributed by atoms with Gasteiger partial charge in [0.15, 0.2) is 11.6 Å². The molecule has 0 atom stereocenters. The van der Waals surface area contributed by atoms with Crippen LogP contribution in [0.4, 0.5) is 16.2 Å². The van der Waals surface area contributed by atoms with E-state index in [1.807, 2.05) is 13.8 Å². The van der Waals surface area contributed by atoms with Gasteiger partial charge in [0.1, 0.15) is 0 Å². The van der Waals surface area contributed by atoms with E-state index in [2.05, 4.69) is 15.3 Å². The van der Waals surface area contributed by atoms with Gasteiger partial charge in [-0.3, -0.25) is 0 Å². The van der Waals surface area contributed by atoms with Crippen molar-refractivity contribution in [1.82, 2.24) is 9.97 Å². The van der Waals surface area contributed by atoms with Crippen molar-refractivity contribution >= 4 is 11.8 Å². The lowest BCUT2D eigenvalue weighted by Gasteiger charge is -2.19. The maximum Gasteiger partial charge on any atom is 0.224 e. The van der Waals surface area contributed by atoms with Gasteiger partial charge < -0.3 is 15.0 Å². The lowest BCUT2D eigenvalue weighted by molar-refractivity contribution is 0.154. The molecule has 0 bridgehead atoms. The zero-order chi connectivity index (χ0) is 13.4. The highest BCUT2D eigenvalue weighted by Crippen LogP contribution is 2.15. The molecule has 1 N–H and O–H groups in total. The third kappa shape index (κ3) is 4.44. The number of nitrogens with one attached hydrogen (secondary N) is 1. The first-order valence-corrected chi connectivity index (χ1v) is 6.24. The average molecular weight is 256 g/mol. The van der Waals surface area contributed by atoms with Gasteiger partial charge in [0.05, 0.1) is 12.8 Å². The summed E-state index contributed by atoms with van der Waals surface area (Å²) in [6.07, 6.45) is 2.16. The zero-order valence-electron chi connectivity index (χ0n) is 11.2. The summed E-state index contributed by atoms with van der Waals surface area (Å²) in [5.41, 5.74) is 0. The van der Waals surface area contributed by atoms with Crippen molar-refractivity contribution in [1.29, 1.82) is 0 Å². The van der Waals surface area contributed by atoms with E-state index < -0.39 is 5.82 Å². The number of likely N-dealkylation sites (N-methyl/N-ethyl adjacent to an activating group) is 1. The Bertz CT molecular complexity index is 362. The molecule has 0 amide bonds. The molecule has 102 valence electrons. The van der Waals surface area contributed by atoms with Crippen LogP contribution in [0.25, 0.3) is 0 Å². The first kappa shape index (κ1) is 14.6. The minimum atomic E-state index is -0.420. The minimum Gasteiger partial charge on any atom is -0.380 e. The SMILES string of the molecule is CCCNc1ncc(F)c(N(C)CCOCC)n1. The Morgan fingerprint density at radius 1 is 1.44 bits per heavy atom. The summed E-state index contributed by atoms with van der Waals surface area (Å²) in [6.45, 7) is 6.55. The second-order valence-corrected chi connectivity index (χ2v) is 3.91. The lowest BCUT2D eigenvalue weighted by Crippen LogP contribution is -2.25. The Morgan fingerprint density at radius 2 is 2.22 bits per heavy atom. The van der Waals surface area contributed by atoms with Crippen LogP contribution in [0.5, 0.6) is 0 Å². The molecule has 0 spiro atoms. The molecule has 0 aliphatic heterocycles. The van der Waals surface area contributed by atoms with Crippen LogP contribution in [-0.4, -0.2) is 43.3 Å². The van der Waals surface area contributed by atoms with E-state index in [1.165, 1.54) is 6.20 Å². The van der Waals surface area contributed by atoms with Gasteiger partial charge in [-0.25, -0.2) is 9.37 Å². The Hall–Kier alpha value is -1.43. The van der Waals surface area contributed by atoms with Crippen LogP contribution in [-0.2, 0) is 4.74 Å². The van der Waals surface area contributed by atoms with E-state index in [4.69, 9.17) is 4.74 Å². The van der Waals surface area contributed by atoms with Gasteiger partial charge in [-0.15, -0.1) is 0 Å². The highest BCUT2D eigenvalue weighted by molar-refractivity contribution is 5.43. The maximum atomic E-state index is 13.6. The number of hydrogen-bond acceptors (Lipinski definition) is 5. The number of nitrogens with zero attached hydrogens (tertiary/aromatic N) is 3. The molecule has 0 aliphatic rings. The molecule has 0 aliphatic carbocycles. The van der Waals surface area contributed by atoms with E-state index in [0.717, 1.165) is 13.0 Å². The van der Waals surface area contributed by atoms with Crippen molar-refractivity contribution in [2.24, 2.45) is 0 Å². The lowest BCUT2D eigenvalue weighted by atomic mass is 10.4. The predicted molar refractivity (Wildman–Crippen MR) is 70.5 cm³/mol. The first-order valence-electron chi connectivity index (χ1n) is 6.24. The van der Waals surface area contributed by atoms with Crippen LogP contribution < -0.4 is 10.2 Å². The summed E-state index contributed by atoms with van der Waals surface area (Å²) >= 11 is 0. The Labute approximate surface area is 107 Å². The molecule has 0 unspecified atom stereocenters. The molecule has 0 fully saturated rings. The quantitative estimate of drug-likeness (QED) is 0.720. The molecule has 18 heavy (non-hydrogen) atoms. The summed E-state index contributed by atoms with van der Waals surface area (Å²) < 4.78 is 18.9. The van der Waals surface area contributed by atoms with Gasteiger partial charge in [-0.1, -0.05) is 6.92 Å². The van der Waals surface area contributed by atoms with E-state index in [0.29, 0.717) is 31.5 Å². The minimum absolute atomic E-state index is 0.295. The molecule has 1 aromatic heterocycles. The van der Waals surface area contributed by atoms with Gasteiger partial charge in [0.2, 0.25) is 5.95 Å². The first-order chi connectivity index (χ1) is 8.69. The van der Waals surface area contributed by atoms with Gasteiger partial charge >= 0.3 is 0 Å². The average Bonchev–Trinajstić information content (AvgIpc) is 2.38. The molecule has 5 nitrogen and oxygen atoms in total. The van der Waals surface area contributed by atoms with E-state index in [-0.39, 0.29) is 0 Å². The van der Waals surface area contributed by atoms with E-state index in [1.54, 1.807) is 11.9 Å². The summed E-state index contributed by atoms with van der Waals surface area (Å²) in [7, 11) is 1.79. The maximum absolute atomic E-state index is 13.6. The van der Waals surface area contributed by atoms with Crippen molar-refractivity contribution in [2.45, 2.75) is 20.3 Å². The summed E-state index contributed by atoms with van der Waals surface area (Å²) in [4.78, 5) is 9.79. The molecular weight excluding hydrogens is 235 g/mol.